The van der Waals surface area contributed by atoms with Gasteiger partial charge in [-0.1, -0.05) is 13.8 Å². The zero-order valence-corrected chi connectivity index (χ0v) is 15.3. The smallest absolute Gasteiger partial charge is 0.318 e. The number of methoxy groups -OCH3 is 1. The number of hydrogen-bond acceptors (Lipinski definition) is 5. The Hall–Kier alpha value is -1.67. The SMILES string of the molecule is CCOCC(C)(C)CNC(=O)N1C[C@H](OC)C[C@H]1c1nncn1C. The molecule has 8 nitrogen and oxygen atoms in total. The van der Waals surface area contributed by atoms with Gasteiger partial charge in [0.15, 0.2) is 5.82 Å². The molecule has 0 unspecified atom stereocenters. The van der Waals surface area contributed by atoms with Gasteiger partial charge in [-0.15, -0.1) is 10.2 Å². The number of aryl methyl sites for hydroxylation is 1. The molecule has 0 bridgehead atoms. The van der Waals surface area contributed by atoms with Crippen LogP contribution in [0.4, 0.5) is 4.79 Å². The normalized spacial score (nSPS) is 21.3. The lowest BCUT2D eigenvalue weighted by Crippen LogP contribution is -2.45. The number of rotatable bonds is 7. The number of nitrogens with one attached hydrogen (secondary N) is 1. The summed E-state index contributed by atoms with van der Waals surface area (Å²) in [5, 5.41) is 11.1. The second-order valence-electron chi connectivity index (χ2n) is 7.02. The van der Waals surface area contributed by atoms with Gasteiger partial charge in [-0.25, -0.2) is 4.79 Å². The number of carbonyl (C=O) groups is 1. The standard InChI is InChI=1S/C16H29N5O3/c1-6-24-10-16(2,3)9-17-15(22)21-8-12(23-5)7-13(21)14-19-18-11-20(14)4/h11-13H,6-10H2,1-5H3,(H,17,22)/t12-,13+/m1/s1. The summed E-state index contributed by atoms with van der Waals surface area (Å²) in [5.74, 6) is 0.776. The molecular formula is C16H29N5O3. The third kappa shape index (κ3) is 4.45. The van der Waals surface area contributed by atoms with Gasteiger partial charge in [-0.05, 0) is 6.92 Å². The first kappa shape index (κ1) is 18.7. The summed E-state index contributed by atoms with van der Waals surface area (Å²) in [5.41, 5.74) is -0.119. The number of amides is 2. The molecule has 2 rings (SSSR count). The zero-order chi connectivity index (χ0) is 17.7. The Labute approximate surface area is 143 Å². The lowest BCUT2D eigenvalue weighted by Gasteiger charge is -2.28. The summed E-state index contributed by atoms with van der Waals surface area (Å²) >= 11 is 0. The van der Waals surface area contributed by atoms with Crippen LogP contribution >= 0.6 is 0 Å². The van der Waals surface area contributed by atoms with Gasteiger partial charge in [0.2, 0.25) is 0 Å². The molecule has 2 atom stereocenters. The Kier molecular flexibility index (Phi) is 6.17. The van der Waals surface area contributed by atoms with E-state index in [2.05, 4.69) is 29.4 Å². The van der Waals surface area contributed by atoms with E-state index < -0.39 is 0 Å². The summed E-state index contributed by atoms with van der Waals surface area (Å²) in [6.45, 7) is 8.49. The van der Waals surface area contributed by atoms with Crippen LogP contribution < -0.4 is 5.32 Å². The highest BCUT2D eigenvalue weighted by Gasteiger charge is 2.39. The maximum Gasteiger partial charge on any atom is 0.318 e. The number of urea groups is 1. The lowest BCUT2D eigenvalue weighted by molar-refractivity contribution is 0.0702. The fourth-order valence-corrected chi connectivity index (χ4v) is 2.88. The molecule has 0 aliphatic carbocycles. The molecule has 2 amide bonds. The first-order valence-corrected chi connectivity index (χ1v) is 8.37. The van der Waals surface area contributed by atoms with E-state index in [4.69, 9.17) is 9.47 Å². The highest BCUT2D eigenvalue weighted by atomic mass is 16.5. The monoisotopic (exact) mass is 339 g/mol. The fraction of sp³-hybridized carbons (Fsp3) is 0.812. The van der Waals surface area contributed by atoms with Crippen LogP contribution in [0.25, 0.3) is 0 Å². The van der Waals surface area contributed by atoms with Gasteiger partial charge in [0.25, 0.3) is 0 Å². The minimum absolute atomic E-state index is 0.00823. The van der Waals surface area contributed by atoms with Crippen LogP contribution in [-0.2, 0) is 16.5 Å². The van der Waals surface area contributed by atoms with E-state index in [9.17, 15) is 4.79 Å². The van der Waals surface area contributed by atoms with Crippen LogP contribution in [0, 0.1) is 5.41 Å². The van der Waals surface area contributed by atoms with Crippen molar-refractivity contribution in [2.75, 3.05) is 33.4 Å². The predicted molar refractivity (Wildman–Crippen MR) is 89.5 cm³/mol. The zero-order valence-electron chi connectivity index (χ0n) is 15.3. The highest BCUT2D eigenvalue weighted by Crippen LogP contribution is 2.32. The quantitative estimate of drug-likeness (QED) is 0.811. The average Bonchev–Trinajstić information content (AvgIpc) is 3.16. The van der Waals surface area contributed by atoms with E-state index in [0.717, 1.165) is 12.2 Å². The van der Waals surface area contributed by atoms with Crippen molar-refractivity contribution in [2.45, 2.75) is 39.3 Å². The summed E-state index contributed by atoms with van der Waals surface area (Å²) in [4.78, 5) is 14.5. The number of ether oxygens (including phenoxy) is 2. The minimum atomic E-state index is -0.127. The van der Waals surface area contributed by atoms with Gasteiger partial charge in [-0.3, -0.25) is 0 Å². The summed E-state index contributed by atoms with van der Waals surface area (Å²) in [7, 11) is 3.56. The number of hydrogen-bond donors (Lipinski definition) is 1. The maximum absolute atomic E-state index is 12.7. The molecule has 0 spiro atoms. The van der Waals surface area contributed by atoms with Gasteiger partial charge in [0.05, 0.1) is 18.8 Å². The molecule has 1 saturated heterocycles. The summed E-state index contributed by atoms with van der Waals surface area (Å²) < 4.78 is 12.8. The van der Waals surface area contributed by atoms with Crippen LogP contribution in [0.3, 0.4) is 0 Å². The number of carbonyl (C=O) groups excluding carboxylic acids is 1. The third-order valence-electron chi connectivity index (χ3n) is 4.32. The van der Waals surface area contributed by atoms with Gasteiger partial charge in [0, 0.05) is 45.7 Å². The fourth-order valence-electron chi connectivity index (χ4n) is 2.88. The van der Waals surface area contributed by atoms with Gasteiger partial charge >= 0.3 is 6.03 Å². The highest BCUT2D eigenvalue weighted by molar-refractivity contribution is 5.75. The molecule has 1 aliphatic rings. The Morgan fingerprint density at radius 2 is 2.25 bits per heavy atom. The van der Waals surface area contributed by atoms with Crippen molar-refractivity contribution in [2.24, 2.45) is 12.5 Å². The molecule has 1 aromatic rings. The van der Waals surface area contributed by atoms with E-state index in [1.807, 2.05) is 18.5 Å². The number of nitrogens with zero attached hydrogens (tertiary/aromatic N) is 4. The molecule has 1 N–H and O–H groups in total. The van der Waals surface area contributed by atoms with E-state index in [1.54, 1.807) is 18.3 Å². The molecule has 1 aromatic heterocycles. The molecule has 1 aliphatic heterocycles. The maximum atomic E-state index is 12.7. The van der Waals surface area contributed by atoms with Crippen LogP contribution in [0.5, 0.6) is 0 Å². The third-order valence-corrected chi connectivity index (χ3v) is 4.32. The number of likely N-dealkylation sites (tertiary alicyclic amines) is 1. The van der Waals surface area contributed by atoms with Crippen molar-refractivity contribution >= 4 is 6.03 Å². The van der Waals surface area contributed by atoms with Crippen LogP contribution in [-0.4, -0.2) is 65.2 Å². The van der Waals surface area contributed by atoms with Gasteiger partial charge in [-0.2, -0.15) is 0 Å². The van der Waals surface area contributed by atoms with Crippen molar-refractivity contribution in [1.82, 2.24) is 25.0 Å². The molecule has 24 heavy (non-hydrogen) atoms. The van der Waals surface area contributed by atoms with Crippen LogP contribution in [0.1, 0.15) is 39.1 Å². The molecular weight excluding hydrogens is 310 g/mol. The first-order chi connectivity index (χ1) is 11.4. The Bertz CT molecular complexity index is 546. The second kappa shape index (κ2) is 7.94. The molecule has 0 aromatic carbocycles. The van der Waals surface area contributed by atoms with Gasteiger partial charge < -0.3 is 24.3 Å². The lowest BCUT2D eigenvalue weighted by atomic mass is 9.95. The van der Waals surface area contributed by atoms with E-state index in [-0.39, 0.29) is 23.6 Å². The first-order valence-electron chi connectivity index (χ1n) is 8.37. The Balaban J connectivity index is 2.02. The molecule has 0 saturated carbocycles. The largest absolute Gasteiger partial charge is 0.381 e. The van der Waals surface area contributed by atoms with E-state index >= 15 is 0 Å². The van der Waals surface area contributed by atoms with Crippen LogP contribution in [0.15, 0.2) is 6.33 Å². The Morgan fingerprint density at radius 1 is 1.50 bits per heavy atom. The van der Waals surface area contributed by atoms with Crippen LogP contribution in [0.2, 0.25) is 0 Å². The summed E-state index contributed by atoms with van der Waals surface area (Å²) in [6.07, 6.45) is 2.38. The van der Waals surface area contributed by atoms with Gasteiger partial charge in [0.1, 0.15) is 6.33 Å². The Morgan fingerprint density at radius 3 is 2.83 bits per heavy atom. The molecule has 0 radical (unpaired) electrons. The van der Waals surface area contributed by atoms with Crippen molar-refractivity contribution in [1.29, 1.82) is 0 Å². The second-order valence-corrected chi connectivity index (χ2v) is 7.02. The van der Waals surface area contributed by atoms with E-state index in [1.165, 1.54) is 0 Å². The molecule has 2 heterocycles. The molecule has 8 heteroatoms. The minimum Gasteiger partial charge on any atom is -0.381 e. The number of aromatic nitrogens is 3. The summed E-state index contributed by atoms with van der Waals surface area (Å²) in [6, 6.07) is -0.232. The van der Waals surface area contributed by atoms with Crippen molar-refractivity contribution in [3.8, 4) is 0 Å². The van der Waals surface area contributed by atoms with Crippen molar-refractivity contribution in [3.05, 3.63) is 12.2 Å². The average molecular weight is 339 g/mol. The topological polar surface area (TPSA) is 81.5 Å². The van der Waals surface area contributed by atoms with Crippen molar-refractivity contribution in [3.63, 3.8) is 0 Å². The predicted octanol–water partition coefficient (Wildman–Crippen LogP) is 1.35. The molecule has 136 valence electrons. The molecule has 1 fully saturated rings. The van der Waals surface area contributed by atoms with Crippen molar-refractivity contribution < 1.29 is 14.3 Å². The van der Waals surface area contributed by atoms with E-state index in [0.29, 0.717) is 26.3 Å².